The average molecular weight is 363 g/mol. The van der Waals surface area contributed by atoms with Crippen LogP contribution < -0.4 is 9.47 Å². The maximum Gasteiger partial charge on any atom is 0.344 e. The maximum atomic E-state index is 11.0. The third kappa shape index (κ3) is 3.90. The van der Waals surface area contributed by atoms with E-state index in [9.17, 15) is 10.1 Å². The highest BCUT2D eigenvalue weighted by atomic mass is 16.5. The number of aliphatic carboxylic acids is 1. The summed E-state index contributed by atoms with van der Waals surface area (Å²) < 4.78 is 10.7. The number of carbonyl (C=O) groups is 1. The van der Waals surface area contributed by atoms with Gasteiger partial charge in [0.15, 0.2) is 17.6 Å². The number of nitrogens with one attached hydrogen (secondary N) is 1. The fourth-order valence-electron chi connectivity index (χ4n) is 2.51. The zero-order valence-corrected chi connectivity index (χ0v) is 14.8. The molecule has 2 N–H and O–H groups in total. The van der Waals surface area contributed by atoms with Crippen molar-refractivity contribution < 1.29 is 19.4 Å². The zero-order chi connectivity index (χ0) is 19.4. The van der Waals surface area contributed by atoms with E-state index in [2.05, 4.69) is 16.0 Å². The molecule has 2 aromatic carbocycles. The van der Waals surface area contributed by atoms with Crippen molar-refractivity contribution in [1.82, 2.24) is 9.97 Å². The third-order valence-corrected chi connectivity index (χ3v) is 3.92. The monoisotopic (exact) mass is 363 g/mol. The predicted molar refractivity (Wildman–Crippen MR) is 100 cm³/mol. The number of rotatable bonds is 6. The number of H-pyrrole nitrogens is 1. The normalized spacial score (nSPS) is 12.4. The SMILES string of the molecule is COc1cc(/C=C(/C#N)c2nc3ccccc3[nH]2)ccc1OC(C)C(=O)O. The number of fused-ring (bicyclic) bond motifs is 1. The van der Waals surface area contributed by atoms with Crippen molar-refractivity contribution in [3.8, 4) is 17.6 Å². The molecule has 3 rings (SSSR count). The molecule has 136 valence electrons. The molecule has 1 atom stereocenters. The number of nitriles is 1. The smallest absolute Gasteiger partial charge is 0.344 e. The van der Waals surface area contributed by atoms with E-state index in [1.54, 1.807) is 24.3 Å². The van der Waals surface area contributed by atoms with Crippen LogP contribution in [0, 0.1) is 11.3 Å². The Morgan fingerprint density at radius 2 is 2.07 bits per heavy atom. The number of hydrogen-bond acceptors (Lipinski definition) is 5. The largest absolute Gasteiger partial charge is 0.493 e. The zero-order valence-electron chi connectivity index (χ0n) is 14.8. The molecule has 0 radical (unpaired) electrons. The standard InChI is InChI=1S/C20H17N3O4/c1-12(20(24)25)27-17-8-7-13(10-18(17)26-2)9-14(11-21)19-22-15-5-3-4-6-16(15)23-19/h3-10,12H,1-2H3,(H,22,23)(H,24,25)/b14-9-. The predicted octanol–water partition coefficient (Wildman–Crippen LogP) is 3.49. The van der Waals surface area contributed by atoms with Crippen molar-refractivity contribution in [2.45, 2.75) is 13.0 Å². The second-order valence-electron chi connectivity index (χ2n) is 5.78. The van der Waals surface area contributed by atoms with Gasteiger partial charge in [0.2, 0.25) is 0 Å². The Bertz CT molecular complexity index is 1030. The van der Waals surface area contributed by atoms with Gasteiger partial charge in [-0.2, -0.15) is 5.26 Å². The molecule has 27 heavy (non-hydrogen) atoms. The van der Waals surface area contributed by atoms with Gasteiger partial charge in [0.1, 0.15) is 11.9 Å². The van der Waals surface area contributed by atoms with Gasteiger partial charge in [-0.25, -0.2) is 9.78 Å². The Morgan fingerprint density at radius 1 is 1.30 bits per heavy atom. The van der Waals surface area contributed by atoms with Gasteiger partial charge >= 0.3 is 5.97 Å². The van der Waals surface area contributed by atoms with E-state index in [4.69, 9.17) is 14.6 Å². The highest BCUT2D eigenvalue weighted by Gasteiger charge is 2.16. The number of ether oxygens (including phenoxy) is 2. The van der Waals surface area contributed by atoms with E-state index >= 15 is 0 Å². The fraction of sp³-hybridized carbons (Fsp3) is 0.150. The first-order valence-corrected chi connectivity index (χ1v) is 8.16. The third-order valence-electron chi connectivity index (χ3n) is 3.92. The molecular weight excluding hydrogens is 346 g/mol. The van der Waals surface area contributed by atoms with Gasteiger partial charge in [0, 0.05) is 0 Å². The summed E-state index contributed by atoms with van der Waals surface area (Å²) in [5, 5.41) is 18.5. The van der Waals surface area contributed by atoms with Gasteiger partial charge < -0.3 is 19.6 Å². The number of carboxylic acid groups (broad SMARTS) is 1. The van der Waals surface area contributed by atoms with Crippen LogP contribution in [0.25, 0.3) is 22.7 Å². The molecule has 0 spiro atoms. The van der Waals surface area contributed by atoms with Crippen LogP contribution in [0.1, 0.15) is 18.3 Å². The van der Waals surface area contributed by atoms with Crippen molar-refractivity contribution in [1.29, 1.82) is 5.26 Å². The van der Waals surface area contributed by atoms with Crippen molar-refractivity contribution in [2.75, 3.05) is 7.11 Å². The lowest BCUT2D eigenvalue weighted by atomic mass is 10.1. The van der Waals surface area contributed by atoms with E-state index < -0.39 is 12.1 Å². The number of aromatic amines is 1. The van der Waals surface area contributed by atoms with Crippen LogP contribution in [0.3, 0.4) is 0 Å². The first-order valence-electron chi connectivity index (χ1n) is 8.16. The molecular formula is C20H17N3O4. The number of imidazole rings is 1. The lowest BCUT2D eigenvalue weighted by Gasteiger charge is -2.14. The summed E-state index contributed by atoms with van der Waals surface area (Å²) in [5.74, 6) is 0.0840. The van der Waals surface area contributed by atoms with Crippen molar-refractivity contribution in [3.05, 3.63) is 53.9 Å². The molecule has 1 unspecified atom stereocenters. The lowest BCUT2D eigenvalue weighted by molar-refractivity contribution is -0.144. The van der Waals surface area contributed by atoms with Crippen LogP contribution in [0.5, 0.6) is 11.5 Å². The van der Waals surface area contributed by atoms with Gasteiger partial charge in [-0.3, -0.25) is 0 Å². The average Bonchev–Trinajstić information content (AvgIpc) is 3.10. The number of hydrogen-bond donors (Lipinski definition) is 2. The Labute approximate surface area is 155 Å². The fourth-order valence-corrected chi connectivity index (χ4v) is 2.51. The quantitative estimate of drug-likeness (QED) is 0.649. The topological polar surface area (TPSA) is 108 Å². The lowest BCUT2D eigenvalue weighted by Crippen LogP contribution is -2.23. The van der Waals surface area contributed by atoms with E-state index in [0.717, 1.165) is 11.0 Å². The first-order chi connectivity index (χ1) is 13.0. The molecule has 3 aromatic rings. The molecule has 7 heteroatoms. The summed E-state index contributed by atoms with van der Waals surface area (Å²) in [6, 6.07) is 14.7. The number of allylic oxidation sites excluding steroid dienone is 1. The van der Waals surface area contributed by atoms with Crippen LogP contribution in [-0.2, 0) is 4.79 Å². The van der Waals surface area contributed by atoms with Crippen molar-refractivity contribution in [2.24, 2.45) is 0 Å². The summed E-state index contributed by atoms with van der Waals surface area (Å²) in [4.78, 5) is 18.5. The Balaban J connectivity index is 1.94. The van der Waals surface area contributed by atoms with Crippen LogP contribution >= 0.6 is 0 Å². The van der Waals surface area contributed by atoms with Crippen LogP contribution in [0.4, 0.5) is 0 Å². The molecule has 1 heterocycles. The number of aromatic nitrogens is 2. The van der Waals surface area contributed by atoms with Crippen LogP contribution in [-0.4, -0.2) is 34.3 Å². The molecule has 0 amide bonds. The first kappa shape index (κ1) is 18.0. The Kier molecular flexibility index (Phi) is 5.08. The molecule has 0 aliphatic rings. The summed E-state index contributed by atoms with van der Waals surface area (Å²) in [7, 11) is 1.46. The molecule has 1 aromatic heterocycles. The second-order valence-corrected chi connectivity index (χ2v) is 5.78. The molecule has 0 saturated carbocycles. The molecule has 0 saturated heterocycles. The summed E-state index contributed by atoms with van der Waals surface area (Å²) in [6.45, 7) is 1.44. The van der Waals surface area contributed by atoms with Gasteiger partial charge in [-0.1, -0.05) is 18.2 Å². The number of para-hydroxylation sites is 2. The van der Waals surface area contributed by atoms with Gasteiger partial charge in [0.25, 0.3) is 0 Å². The van der Waals surface area contributed by atoms with E-state index in [-0.39, 0.29) is 0 Å². The Hall–Kier alpha value is -3.79. The van der Waals surface area contributed by atoms with Crippen molar-refractivity contribution in [3.63, 3.8) is 0 Å². The van der Waals surface area contributed by atoms with E-state index in [1.807, 2.05) is 24.3 Å². The second kappa shape index (κ2) is 7.62. The highest BCUT2D eigenvalue weighted by Crippen LogP contribution is 2.30. The summed E-state index contributed by atoms with van der Waals surface area (Å²) in [5.41, 5.74) is 2.68. The summed E-state index contributed by atoms with van der Waals surface area (Å²) in [6.07, 6.45) is 0.662. The molecule has 0 bridgehead atoms. The maximum absolute atomic E-state index is 11.0. The van der Waals surface area contributed by atoms with Crippen molar-refractivity contribution >= 4 is 28.7 Å². The van der Waals surface area contributed by atoms with Crippen LogP contribution in [0.15, 0.2) is 42.5 Å². The van der Waals surface area contributed by atoms with Crippen LogP contribution in [0.2, 0.25) is 0 Å². The minimum absolute atomic E-state index is 0.312. The molecule has 0 aliphatic carbocycles. The number of methoxy groups -OCH3 is 1. The molecule has 7 nitrogen and oxygen atoms in total. The number of carboxylic acids is 1. The molecule has 0 fully saturated rings. The summed E-state index contributed by atoms with van der Waals surface area (Å²) >= 11 is 0. The van der Waals surface area contributed by atoms with Gasteiger partial charge in [0.05, 0.1) is 23.7 Å². The Morgan fingerprint density at radius 3 is 2.74 bits per heavy atom. The molecule has 0 aliphatic heterocycles. The highest BCUT2D eigenvalue weighted by molar-refractivity contribution is 5.90. The van der Waals surface area contributed by atoms with Gasteiger partial charge in [-0.05, 0) is 42.8 Å². The number of nitrogens with zero attached hydrogens (tertiary/aromatic N) is 2. The minimum atomic E-state index is -1.07. The van der Waals surface area contributed by atoms with Gasteiger partial charge in [-0.15, -0.1) is 0 Å². The minimum Gasteiger partial charge on any atom is -0.493 e. The van der Waals surface area contributed by atoms with E-state index in [1.165, 1.54) is 14.0 Å². The number of benzene rings is 2. The van der Waals surface area contributed by atoms with E-state index in [0.29, 0.717) is 28.5 Å².